The Bertz CT molecular complexity index is 735. The molecule has 0 saturated heterocycles. The average molecular weight is 306 g/mol. The Kier molecular flexibility index (Phi) is 4.84. The van der Waals surface area contributed by atoms with Gasteiger partial charge in [-0.25, -0.2) is 4.98 Å². The highest BCUT2D eigenvalue weighted by Gasteiger charge is 2.07. The van der Waals surface area contributed by atoms with Crippen LogP contribution in [0.1, 0.15) is 15.9 Å². The molecular formula is C19H18N2O2. The van der Waals surface area contributed by atoms with Crippen LogP contribution in [-0.4, -0.2) is 21.9 Å². The van der Waals surface area contributed by atoms with Gasteiger partial charge in [0.2, 0.25) is 0 Å². The summed E-state index contributed by atoms with van der Waals surface area (Å²) in [7, 11) is 0. The molecule has 1 aromatic heterocycles. The molecule has 4 nitrogen and oxygen atoms in total. The number of benzene rings is 2. The van der Waals surface area contributed by atoms with E-state index in [1.54, 1.807) is 12.5 Å². The van der Waals surface area contributed by atoms with Crippen molar-refractivity contribution in [2.24, 2.45) is 0 Å². The van der Waals surface area contributed by atoms with E-state index in [4.69, 9.17) is 4.74 Å². The summed E-state index contributed by atoms with van der Waals surface area (Å²) in [5, 5.41) is 0. The molecule has 2 aromatic carbocycles. The van der Waals surface area contributed by atoms with E-state index in [1.807, 2.05) is 65.4 Å². The van der Waals surface area contributed by atoms with Crippen LogP contribution < -0.4 is 4.74 Å². The van der Waals surface area contributed by atoms with Gasteiger partial charge < -0.3 is 9.30 Å². The summed E-state index contributed by atoms with van der Waals surface area (Å²) in [4.78, 5) is 16.2. The molecule has 0 bridgehead atoms. The van der Waals surface area contributed by atoms with Gasteiger partial charge in [-0.1, -0.05) is 30.3 Å². The molecule has 3 aromatic rings. The second kappa shape index (κ2) is 7.40. The number of Topliss-reactive ketones (excluding diaryl/α,β-unsaturated/α-hetero) is 1. The van der Waals surface area contributed by atoms with Gasteiger partial charge in [-0.3, -0.25) is 4.79 Å². The Hall–Kier alpha value is -2.88. The highest BCUT2D eigenvalue weighted by molar-refractivity contribution is 5.97. The first-order valence-electron chi connectivity index (χ1n) is 7.57. The molecular weight excluding hydrogens is 288 g/mol. The zero-order chi connectivity index (χ0) is 15.9. The fraction of sp³-hybridized carbons (Fsp3) is 0.158. The third kappa shape index (κ3) is 4.30. The molecule has 0 atom stereocenters. The molecule has 0 aliphatic heterocycles. The number of carbonyl (C=O) groups excluding carboxylic acids is 1. The van der Waals surface area contributed by atoms with Crippen molar-refractivity contribution < 1.29 is 9.53 Å². The third-order valence-electron chi connectivity index (χ3n) is 3.56. The molecule has 3 rings (SSSR count). The van der Waals surface area contributed by atoms with Crippen LogP contribution in [0.25, 0.3) is 0 Å². The smallest absolute Gasteiger partial charge is 0.167 e. The lowest BCUT2D eigenvalue weighted by atomic mass is 10.0. The molecule has 0 aliphatic carbocycles. The van der Waals surface area contributed by atoms with Crippen LogP contribution >= 0.6 is 0 Å². The van der Waals surface area contributed by atoms with Crippen molar-refractivity contribution in [3.8, 4) is 5.75 Å². The van der Waals surface area contributed by atoms with Crippen LogP contribution in [0.5, 0.6) is 5.75 Å². The Balaban J connectivity index is 1.53. The van der Waals surface area contributed by atoms with Gasteiger partial charge in [0.05, 0.1) is 12.9 Å². The second-order valence-corrected chi connectivity index (χ2v) is 5.26. The number of hydrogen-bond donors (Lipinski definition) is 0. The third-order valence-corrected chi connectivity index (χ3v) is 3.56. The number of nitrogens with zero attached hydrogens (tertiary/aromatic N) is 2. The minimum absolute atomic E-state index is 0.112. The monoisotopic (exact) mass is 306 g/mol. The first-order valence-corrected chi connectivity index (χ1v) is 7.57. The Morgan fingerprint density at radius 2 is 1.83 bits per heavy atom. The number of rotatable bonds is 7. The quantitative estimate of drug-likeness (QED) is 0.629. The standard InChI is InChI=1S/C19H18N2O2/c22-19(14-16-4-2-1-3-5-16)17-6-8-18(9-7-17)23-13-12-21-11-10-20-15-21/h1-11,15H,12-14H2. The number of ketones is 1. The van der Waals surface area contributed by atoms with E-state index in [0.29, 0.717) is 18.6 Å². The molecule has 116 valence electrons. The van der Waals surface area contributed by atoms with E-state index < -0.39 is 0 Å². The van der Waals surface area contributed by atoms with Gasteiger partial charge in [-0.2, -0.15) is 0 Å². The minimum Gasteiger partial charge on any atom is -0.492 e. The van der Waals surface area contributed by atoms with Crippen LogP contribution in [-0.2, 0) is 13.0 Å². The summed E-state index contributed by atoms with van der Waals surface area (Å²) >= 11 is 0. The molecule has 0 fully saturated rings. The Labute approximate surface area is 135 Å². The normalized spacial score (nSPS) is 10.4. The van der Waals surface area contributed by atoms with Gasteiger partial charge in [0.25, 0.3) is 0 Å². The summed E-state index contributed by atoms with van der Waals surface area (Å²) in [6.45, 7) is 1.31. The van der Waals surface area contributed by atoms with Crippen LogP contribution in [0, 0.1) is 0 Å². The summed E-state index contributed by atoms with van der Waals surface area (Å²) in [5.41, 5.74) is 1.73. The molecule has 0 spiro atoms. The zero-order valence-corrected chi connectivity index (χ0v) is 12.8. The maximum atomic E-state index is 12.2. The molecule has 4 heteroatoms. The van der Waals surface area contributed by atoms with Crippen LogP contribution in [0.15, 0.2) is 73.3 Å². The highest BCUT2D eigenvalue weighted by Crippen LogP contribution is 2.14. The molecule has 0 saturated carbocycles. The molecule has 0 aliphatic rings. The maximum Gasteiger partial charge on any atom is 0.167 e. The summed E-state index contributed by atoms with van der Waals surface area (Å²) in [6.07, 6.45) is 5.82. The lowest BCUT2D eigenvalue weighted by Crippen LogP contribution is -2.07. The molecule has 0 N–H and O–H groups in total. The van der Waals surface area contributed by atoms with Crippen LogP contribution in [0.4, 0.5) is 0 Å². The first-order chi connectivity index (χ1) is 11.3. The topological polar surface area (TPSA) is 44.1 Å². The zero-order valence-electron chi connectivity index (χ0n) is 12.8. The largest absolute Gasteiger partial charge is 0.492 e. The number of aromatic nitrogens is 2. The SMILES string of the molecule is O=C(Cc1ccccc1)c1ccc(OCCn2ccnc2)cc1. The van der Waals surface area contributed by atoms with E-state index in [2.05, 4.69) is 4.98 Å². The summed E-state index contributed by atoms with van der Waals surface area (Å²) in [5.74, 6) is 0.877. The van der Waals surface area contributed by atoms with Gasteiger partial charge in [0.15, 0.2) is 5.78 Å². The summed E-state index contributed by atoms with van der Waals surface area (Å²) in [6, 6.07) is 17.1. The second-order valence-electron chi connectivity index (χ2n) is 5.26. The predicted molar refractivity (Wildman–Crippen MR) is 88.6 cm³/mol. The number of imidazole rings is 1. The van der Waals surface area contributed by atoms with Gasteiger partial charge in [-0.05, 0) is 29.8 Å². The van der Waals surface area contributed by atoms with E-state index in [0.717, 1.165) is 17.9 Å². The van der Waals surface area contributed by atoms with Crippen molar-refractivity contribution in [3.05, 3.63) is 84.4 Å². The van der Waals surface area contributed by atoms with E-state index >= 15 is 0 Å². The van der Waals surface area contributed by atoms with Crippen molar-refractivity contribution >= 4 is 5.78 Å². The van der Waals surface area contributed by atoms with Crippen molar-refractivity contribution in [3.63, 3.8) is 0 Å². The maximum absolute atomic E-state index is 12.2. The van der Waals surface area contributed by atoms with Crippen molar-refractivity contribution in [2.75, 3.05) is 6.61 Å². The number of hydrogen-bond acceptors (Lipinski definition) is 3. The lowest BCUT2D eigenvalue weighted by molar-refractivity contribution is 0.0993. The van der Waals surface area contributed by atoms with Crippen LogP contribution in [0.2, 0.25) is 0 Å². The molecule has 0 amide bonds. The fourth-order valence-corrected chi connectivity index (χ4v) is 2.31. The van der Waals surface area contributed by atoms with E-state index in [-0.39, 0.29) is 5.78 Å². The first kappa shape index (κ1) is 15.0. The van der Waals surface area contributed by atoms with Crippen LogP contribution in [0.3, 0.4) is 0 Å². The highest BCUT2D eigenvalue weighted by atomic mass is 16.5. The molecule has 23 heavy (non-hydrogen) atoms. The summed E-state index contributed by atoms with van der Waals surface area (Å²) < 4.78 is 7.63. The number of ether oxygens (including phenoxy) is 1. The van der Waals surface area contributed by atoms with Crippen molar-refractivity contribution in [2.45, 2.75) is 13.0 Å². The van der Waals surface area contributed by atoms with Crippen molar-refractivity contribution in [1.82, 2.24) is 9.55 Å². The van der Waals surface area contributed by atoms with Crippen molar-refractivity contribution in [1.29, 1.82) is 0 Å². The van der Waals surface area contributed by atoms with Gasteiger partial charge in [-0.15, -0.1) is 0 Å². The molecule has 0 unspecified atom stereocenters. The molecule has 0 radical (unpaired) electrons. The Morgan fingerprint density at radius 1 is 1.04 bits per heavy atom. The predicted octanol–water partition coefficient (Wildman–Crippen LogP) is 3.39. The average Bonchev–Trinajstić information content (AvgIpc) is 3.10. The lowest BCUT2D eigenvalue weighted by Gasteiger charge is -2.07. The minimum atomic E-state index is 0.112. The van der Waals surface area contributed by atoms with Gasteiger partial charge in [0, 0.05) is 24.4 Å². The van der Waals surface area contributed by atoms with Gasteiger partial charge >= 0.3 is 0 Å². The fourth-order valence-electron chi connectivity index (χ4n) is 2.31. The Morgan fingerprint density at radius 3 is 2.52 bits per heavy atom. The van der Waals surface area contributed by atoms with Gasteiger partial charge in [0.1, 0.15) is 12.4 Å². The molecule has 1 heterocycles. The van der Waals surface area contributed by atoms with E-state index in [1.165, 1.54) is 0 Å². The van der Waals surface area contributed by atoms with E-state index in [9.17, 15) is 4.79 Å². The number of carbonyl (C=O) groups is 1.